The molecule has 2 aliphatic rings. The molecule has 4 rings (SSSR count). The molecule has 1 fully saturated rings. The zero-order chi connectivity index (χ0) is 18.0. The first-order valence-corrected chi connectivity index (χ1v) is 8.40. The fourth-order valence-electron chi connectivity index (χ4n) is 3.34. The van der Waals surface area contributed by atoms with Crippen LogP contribution in [0.3, 0.4) is 0 Å². The fourth-order valence-corrected chi connectivity index (χ4v) is 3.34. The Kier molecular flexibility index (Phi) is 3.33. The van der Waals surface area contributed by atoms with Crippen molar-refractivity contribution in [1.82, 2.24) is 0 Å². The van der Waals surface area contributed by atoms with Gasteiger partial charge in [0, 0.05) is 22.3 Å². The van der Waals surface area contributed by atoms with Gasteiger partial charge in [-0.3, -0.25) is 9.59 Å². The second kappa shape index (κ2) is 5.13. The van der Waals surface area contributed by atoms with Gasteiger partial charge in [-0.15, -0.1) is 0 Å². The van der Waals surface area contributed by atoms with E-state index in [1.54, 1.807) is 42.5 Å². The van der Waals surface area contributed by atoms with Crippen LogP contribution >= 0.6 is 0 Å². The molecule has 0 bridgehead atoms. The van der Waals surface area contributed by atoms with Gasteiger partial charge in [-0.05, 0) is 33.2 Å². The van der Waals surface area contributed by atoms with E-state index in [2.05, 4.69) is 0 Å². The van der Waals surface area contributed by atoms with Gasteiger partial charge in [-0.2, -0.15) is 0 Å². The average Bonchev–Trinajstić information content (AvgIpc) is 2.80. The van der Waals surface area contributed by atoms with E-state index in [4.69, 9.17) is 9.31 Å². The molecule has 1 aliphatic carbocycles. The zero-order valence-corrected chi connectivity index (χ0v) is 14.8. The molecule has 1 aliphatic heterocycles. The minimum Gasteiger partial charge on any atom is -0.399 e. The first kappa shape index (κ1) is 16.2. The van der Waals surface area contributed by atoms with Gasteiger partial charge in [0.05, 0.1) is 11.2 Å². The second-order valence-electron chi connectivity index (χ2n) is 7.56. The summed E-state index contributed by atoms with van der Waals surface area (Å²) in [4.78, 5) is 25.9. The van der Waals surface area contributed by atoms with Crippen LogP contribution in [0.5, 0.6) is 0 Å². The summed E-state index contributed by atoms with van der Waals surface area (Å²) in [5.74, 6) is -0.293. The van der Waals surface area contributed by atoms with Gasteiger partial charge in [0.15, 0.2) is 11.6 Å². The van der Waals surface area contributed by atoms with Gasteiger partial charge in [0.25, 0.3) is 0 Å². The highest BCUT2D eigenvalue weighted by atomic mass is 16.7. The quantitative estimate of drug-likeness (QED) is 0.642. The predicted octanol–water partition coefficient (Wildman–Crippen LogP) is 2.76. The maximum absolute atomic E-state index is 13.1. The van der Waals surface area contributed by atoms with Gasteiger partial charge >= 0.3 is 7.12 Å². The Bertz CT molecular complexity index is 898. The molecular weight excluding hydrogens is 315 g/mol. The highest BCUT2D eigenvalue weighted by molar-refractivity contribution is 6.64. The second-order valence-corrected chi connectivity index (χ2v) is 7.56. The summed E-state index contributed by atoms with van der Waals surface area (Å²) in [5.41, 5.74) is 1.28. The Balaban J connectivity index is 1.87. The first-order chi connectivity index (χ1) is 11.7. The molecule has 4 nitrogen and oxygen atoms in total. The molecule has 5 heteroatoms. The molecule has 0 amide bonds. The van der Waals surface area contributed by atoms with E-state index in [0.717, 1.165) is 0 Å². The topological polar surface area (TPSA) is 52.6 Å². The van der Waals surface area contributed by atoms with Crippen molar-refractivity contribution in [2.24, 2.45) is 0 Å². The molecule has 25 heavy (non-hydrogen) atoms. The summed E-state index contributed by atoms with van der Waals surface area (Å²) in [7, 11) is -0.679. The van der Waals surface area contributed by atoms with E-state index in [-0.39, 0.29) is 11.6 Å². The van der Waals surface area contributed by atoms with Crippen molar-refractivity contribution in [2.45, 2.75) is 38.9 Å². The number of hydrogen-bond donors (Lipinski definition) is 0. The van der Waals surface area contributed by atoms with Crippen LogP contribution in [0, 0.1) is 0 Å². The summed E-state index contributed by atoms with van der Waals surface area (Å²) in [6.07, 6.45) is 0. The van der Waals surface area contributed by atoms with Crippen LogP contribution in [-0.2, 0) is 9.31 Å². The maximum Gasteiger partial charge on any atom is 0.495 e. The van der Waals surface area contributed by atoms with Crippen molar-refractivity contribution in [3.63, 3.8) is 0 Å². The van der Waals surface area contributed by atoms with Crippen molar-refractivity contribution in [3.8, 4) is 0 Å². The van der Waals surface area contributed by atoms with Gasteiger partial charge in [0.1, 0.15) is 0 Å². The highest BCUT2D eigenvalue weighted by Crippen LogP contribution is 2.37. The first-order valence-electron chi connectivity index (χ1n) is 8.40. The van der Waals surface area contributed by atoms with Crippen molar-refractivity contribution < 1.29 is 18.9 Å². The molecule has 2 aromatic rings. The molecule has 0 spiro atoms. The Morgan fingerprint density at radius 1 is 0.720 bits per heavy atom. The lowest BCUT2D eigenvalue weighted by Gasteiger charge is -2.32. The van der Waals surface area contributed by atoms with Crippen molar-refractivity contribution >= 4 is 24.1 Å². The fraction of sp³-hybridized carbons (Fsp3) is 0.300. The van der Waals surface area contributed by atoms with Crippen molar-refractivity contribution in [3.05, 3.63) is 64.7 Å². The number of ketones is 2. The minimum absolute atomic E-state index is 0.136. The minimum atomic E-state index is -0.679. The molecule has 0 radical (unpaired) electrons. The molecular formula is C20H19BO4. The van der Waals surface area contributed by atoms with E-state index >= 15 is 0 Å². The lowest BCUT2D eigenvalue weighted by atomic mass is 9.70. The largest absolute Gasteiger partial charge is 0.495 e. The molecule has 0 atom stereocenters. The van der Waals surface area contributed by atoms with Crippen LogP contribution in [0.4, 0.5) is 0 Å². The van der Waals surface area contributed by atoms with Gasteiger partial charge < -0.3 is 9.31 Å². The van der Waals surface area contributed by atoms with Crippen LogP contribution in [0.15, 0.2) is 42.5 Å². The Morgan fingerprint density at radius 2 is 1.24 bits per heavy atom. The lowest BCUT2D eigenvalue weighted by Crippen LogP contribution is -2.41. The summed E-state index contributed by atoms with van der Waals surface area (Å²) >= 11 is 0. The van der Waals surface area contributed by atoms with Crippen LogP contribution in [0.25, 0.3) is 0 Å². The Hall–Kier alpha value is -2.24. The van der Waals surface area contributed by atoms with E-state index in [1.165, 1.54) is 0 Å². The number of carbonyl (C=O) groups is 2. The monoisotopic (exact) mass is 334 g/mol. The van der Waals surface area contributed by atoms with E-state index in [9.17, 15) is 9.59 Å². The maximum atomic E-state index is 13.1. The van der Waals surface area contributed by atoms with Gasteiger partial charge in [0.2, 0.25) is 0 Å². The standard InChI is InChI=1S/C20H19BO4/c1-19(2)20(3,4)25-21(24-19)15-11-7-10-14-16(15)18(23)13-9-6-5-8-12(13)17(14)22/h5-11H,1-4H3. The van der Waals surface area contributed by atoms with Gasteiger partial charge in [-0.25, -0.2) is 0 Å². The number of carbonyl (C=O) groups excluding carboxylic acids is 2. The van der Waals surface area contributed by atoms with Crippen LogP contribution < -0.4 is 5.46 Å². The third kappa shape index (κ3) is 2.23. The summed E-state index contributed by atoms with van der Waals surface area (Å²) < 4.78 is 12.2. The summed E-state index contributed by atoms with van der Waals surface area (Å²) in [6, 6.07) is 12.2. The lowest BCUT2D eigenvalue weighted by molar-refractivity contribution is 0.00578. The molecule has 0 aromatic heterocycles. The number of hydrogen-bond acceptors (Lipinski definition) is 4. The highest BCUT2D eigenvalue weighted by Gasteiger charge is 2.53. The Labute approximate surface area is 147 Å². The van der Waals surface area contributed by atoms with Crippen LogP contribution in [0.1, 0.15) is 59.5 Å². The van der Waals surface area contributed by atoms with E-state index in [0.29, 0.717) is 27.7 Å². The summed E-state index contributed by atoms with van der Waals surface area (Å²) in [6.45, 7) is 7.85. The van der Waals surface area contributed by atoms with Crippen LogP contribution in [-0.4, -0.2) is 29.9 Å². The van der Waals surface area contributed by atoms with Gasteiger partial charge in [-0.1, -0.05) is 42.5 Å². The van der Waals surface area contributed by atoms with Crippen molar-refractivity contribution in [1.29, 1.82) is 0 Å². The normalized spacial score (nSPS) is 20.4. The number of rotatable bonds is 1. The van der Waals surface area contributed by atoms with Crippen LogP contribution in [0.2, 0.25) is 0 Å². The SMILES string of the molecule is CC1(C)OB(c2cccc3c2C(=O)c2ccccc2C3=O)OC1(C)C. The molecule has 126 valence electrons. The molecule has 0 saturated carbocycles. The number of benzene rings is 2. The third-order valence-electron chi connectivity index (χ3n) is 5.49. The van der Waals surface area contributed by atoms with Crippen molar-refractivity contribution in [2.75, 3.05) is 0 Å². The van der Waals surface area contributed by atoms with E-state index in [1.807, 2.05) is 27.7 Å². The molecule has 2 aromatic carbocycles. The third-order valence-corrected chi connectivity index (χ3v) is 5.49. The molecule has 1 heterocycles. The predicted molar refractivity (Wildman–Crippen MR) is 95.5 cm³/mol. The smallest absolute Gasteiger partial charge is 0.399 e. The Morgan fingerprint density at radius 3 is 1.84 bits per heavy atom. The molecule has 0 unspecified atom stereocenters. The summed E-state index contributed by atoms with van der Waals surface area (Å²) in [5, 5.41) is 0. The zero-order valence-electron chi connectivity index (χ0n) is 14.8. The molecule has 0 N–H and O–H groups in total. The number of fused-ring (bicyclic) bond motifs is 2. The van der Waals surface area contributed by atoms with E-state index < -0.39 is 18.3 Å². The average molecular weight is 334 g/mol. The molecule has 1 saturated heterocycles.